The molecule has 0 spiro atoms. The van der Waals surface area contributed by atoms with E-state index < -0.39 is 0 Å². The van der Waals surface area contributed by atoms with E-state index in [1.165, 1.54) is 0 Å². The van der Waals surface area contributed by atoms with Crippen molar-refractivity contribution in [1.29, 1.82) is 0 Å². The molecule has 2 aliphatic rings. The minimum Gasteiger partial charge on any atom is -0.491 e. The van der Waals surface area contributed by atoms with E-state index in [1.807, 2.05) is 31.2 Å². The number of rotatable bonds is 4. The molecule has 0 amide bonds. The second kappa shape index (κ2) is 9.14. The second-order valence-electron chi connectivity index (χ2n) is 6.31. The molecule has 0 radical (unpaired) electrons. The van der Waals surface area contributed by atoms with Crippen LogP contribution in [0.25, 0.3) is 0 Å². The maximum absolute atomic E-state index is 13.1. The first kappa shape index (κ1) is 18.9. The van der Waals surface area contributed by atoms with Crippen molar-refractivity contribution in [3.05, 3.63) is 72.1 Å². The van der Waals surface area contributed by atoms with E-state index in [0.29, 0.717) is 34.9 Å². The SMILES string of the molecule is CC1CCC2=C(/C=C/C=C\C=C\C(=N/c3ccc(OCCO)cc3)C2=O)O1. The van der Waals surface area contributed by atoms with Crippen molar-refractivity contribution in [3.63, 3.8) is 0 Å². The van der Waals surface area contributed by atoms with Crippen LogP contribution in [0.4, 0.5) is 5.69 Å². The van der Waals surface area contributed by atoms with Crippen LogP contribution < -0.4 is 4.74 Å². The van der Waals surface area contributed by atoms with Gasteiger partial charge in [0, 0.05) is 5.57 Å². The highest BCUT2D eigenvalue weighted by atomic mass is 16.5. The summed E-state index contributed by atoms with van der Waals surface area (Å²) in [7, 11) is 0. The van der Waals surface area contributed by atoms with Gasteiger partial charge in [-0.3, -0.25) is 4.79 Å². The van der Waals surface area contributed by atoms with E-state index in [9.17, 15) is 4.79 Å². The van der Waals surface area contributed by atoms with Crippen molar-refractivity contribution in [2.45, 2.75) is 25.9 Å². The average Bonchev–Trinajstić information content (AvgIpc) is 2.68. The molecule has 0 bridgehead atoms. The van der Waals surface area contributed by atoms with Gasteiger partial charge >= 0.3 is 0 Å². The standard InChI is InChI=1S/C22H23NO4/c1-16-8-13-19-21(27-16)7-5-3-2-4-6-20(22(19)25)23-17-9-11-18(12-10-17)26-15-14-24/h2-7,9-12,16,24H,8,13-15H2,1H3/b3-2-,6-4+,7-5+,23-20+. The van der Waals surface area contributed by atoms with E-state index in [0.717, 1.165) is 6.42 Å². The highest BCUT2D eigenvalue weighted by Crippen LogP contribution is 2.27. The zero-order chi connectivity index (χ0) is 19.1. The molecule has 140 valence electrons. The number of benzene rings is 1. The molecule has 3 rings (SSSR count). The summed E-state index contributed by atoms with van der Waals surface area (Å²) in [6.45, 7) is 2.21. The van der Waals surface area contributed by atoms with Gasteiger partial charge in [0.1, 0.15) is 23.8 Å². The van der Waals surface area contributed by atoms with Crippen LogP contribution in [0.2, 0.25) is 0 Å². The lowest BCUT2D eigenvalue weighted by molar-refractivity contribution is -0.110. The van der Waals surface area contributed by atoms with Gasteiger partial charge in [-0.05, 0) is 56.2 Å². The van der Waals surface area contributed by atoms with E-state index >= 15 is 0 Å². The number of aliphatic hydroxyl groups excluding tert-OH is 1. The summed E-state index contributed by atoms with van der Waals surface area (Å²) < 4.78 is 11.2. The molecule has 5 nitrogen and oxygen atoms in total. The summed E-state index contributed by atoms with van der Waals surface area (Å²) >= 11 is 0. The van der Waals surface area contributed by atoms with Gasteiger partial charge in [-0.2, -0.15) is 0 Å². The molecule has 1 aromatic carbocycles. The third-order valence-electron chi connectivity index (χ3n) is 4.21. The van der Waals surface area contributed by atoms with Gasteiger partial charge < -0.3 is 14.6 Å². The van der Waals surface area contributed by atoms with E-state index in [1.54, 1.807) is 36.4 Å². The lowest BCUT2D eigenvalue weighted by Gasteiger charge is -2.24. The number of ketones is 1. The molecule has 0 fully saturated rings. The predicted molar refractivity (Wildman–Crippen MR) is 105 cm³/mol. The van der Waals surface area contributed by atoms with Crippen LogP contribution in [0, 0.1) is 0 Å². The zero-order valence-corrected chi connectivity index (χ0v) is 15.3. The maximum atomic E-state index is 13.1. The normalized spacial score (nSPS) is 24.7. The smallest absolute Gasteiger partial charge is 0.211 e. The number of carbonyl (C=O) groups excluding carboxylic acids is 1. The van der Waals surface area contributed by atoms with E-state index in [4.69, 9.17) is 14.6 Å². The zero-order valence-electron chi connectivity index (χ0n) is 15.3. The highest BCUT2D eigenvalue weighted by Gasteiger charge is 2.25. The van der Waals surface area contributed by atoms with Gasteiger partial charge in [0.05, 0.1) is 18.4 Å². The van der Waals surface area contributed by atoms with Crippen molar-refractivity contribution >= 4 is 17.2 Å². The third kappa shape index (κ3) is 5.05. The second-order valence-corrected chi connectivity index (χ2v) is 6.31. The predicted octanol–water partition coefficient (Wildman–Crippen LogP) is 3.83. The van der Waals surface area contributed by atoms with Crippen molar-refractivity contribution in [3.8, 4) is 5.75 Å². The average molecular weight is 365 g/mol. The number of Topliss-reactive ketones (excluding diaryl/α,β-unsaturated/α-hetero) is 1. The molecule has 5 heteroatoms. The van der Waals surface area contributed by atoms with Gasteiger partial charge in [-0.15, -0.1) is 0 Å². The molecule has 1 aliphatic carbocycles. The van der Waals surface area contributed by atoms with Gasteiger partial charge in [0.25, 0.3) is 0 Å². The lowest BCUT2D eigenvalue weighted by Crippen LogP contribution is -2.23. The number of hydrogen-bond acceptors (Lipinski definition) is 5. The highest BCUT2D eigenvalue weighted by molar-refractivity contribution is 6.50. The minimum absolute atomic E-state index is 0.0382. The fraction of sp³-hybridized carbons (Fsp3) is 0.273. The van der Waals surface area contributed by atoms with Crippen LogP contribution in [0.15, 0.2) is 77.0 Å². The number of carbonyl (C=O) groups is 1. The Bertz CT molecular complexity index is 828. The van der Waals surface area contributed by atoms with Gasteiger partial charge in [0.2, 0.25) is 5.78 Å². The summed E-state index contributed by atoms with van der Waals surface area (Å²) in [6.07, 6.45) is 12.5. The van der Waals surface area contributed by atoms with E-state index in [2.05, 4.69) is 4.99 Å². The summed E-state index contributed by atoms with van der Waals surface area (Å²) in [5.41, 5.74) is 1.68. The first-order chi connectivity index (χ1) is 13.2. The summed E-state index contributed by atoms with van der Waals surface area (Å²) in [6, 6.07) is 7.10. The van der Waals surface area contributed by atoms with Gasteiger partial charge in [0.15, 0.2) is 0 Å². The Balaban J connectivity index is 1.91. The molecule has 0 aromatic heterocycles. The largest absolute Gasteiger partial charge is 0.491 e. The number of ether oxygens (including phenoxy) is 2. The fourth-order valence-electron chi connectivity index (χ4n) is 2.84. The van der Waals surface area contributed by atoms with Crippen LogP contribution in [0.3, 0.4) is 0 Å². The first-order valence-corrected chi connectivity index (χ1v) is 9.05. The van der Waals surface area contributed by atoms with Crippen molar-refractivity contribution in [2.24, 2.45) is 4.99 Å². The van der Waals surface area contributed by atoms with Crippen molar-refractivity contribution < 1.29 is 19.4 Å². The maximum Gasteiger partial charge on any atom is 0.211 e. The number of aliphatic hydroxyl groups is 1. The fourth-order valence-corrected chi connectivity index (χ4v) is 2.84. The summed E-state index contributed by atoms with van der Waals surface area (Å²) in [5.74, 6) is 1.15. The lowest BCUT2D eigenvalue weighted by atomic mass is 9.95. The van der Waals surface area contributed by atoms with Crippen molar-refractivity contribution in [1.82, 2.24) is 0 Å². The molecular formula is C22H23NO4. The molecule has 1 atom stereocenters. The van der Waals surface area contributed by atoms with Crippen molar-refractivity contribution in [2.75, 3.05) is 13.2 Å². The molecular weight excluding hydrogens is 342 g/mol. The Morgan fingerprint density at radius 2 is 1.89 bits per heavy atom. The Kier molecular flexibility index (Phi) is 6.39. The molecule has 1 aromatic rings. The molecule has 1 unspecified atom stereocenters. The Hall–Kier alpha value is -2.92. The first-order valence-electron chi connectivity index (χ1n) is 9.05. The monoisotopic (exact) mass is 365 g/mol. The molecule has 1 heterocycles. The van der Waals surface area contributed by atoms with Gasteiger partial charge in [-0.1, -0.05) is 24.3 Å². The van der Waals surface area contributed by atoms with Crippen LogP contribution in [-0.4, -0.2) is 35.9 Å². The van der Waals surface area contributed by atoms with Crippen LogP contribution in [-0.2, 0) is 9.53 Å². The third-order valence-corrected chi connectivity index (χ3v) is 4.21. The minimum atomic E-state index is -0.117. The van der Waals surface area contributed by atoms with Crippen LogP contribution >= 0.6 is 0 Å². The summed E-state index contributed by atoms with van der Waals surface area (Å²) in [5, 5.41) is 8.81. The van der Waals surface area contributed by atoms with E-state index in [-0.39, 0.29) is 25.1 Å². The number of aliphatic imine (C=N–C) groups is 1. The number of nitrogens with zero attached hydrogens (tertiary/aromatic N) is 1. The topological polar surface area (TPSA) is 68.1 Å². The van der Waals surface area contributed by atoms with Gasteiger partial charge in [-0.25, -0.2) is 4.99 Å². The van der Waals surface area contributed by atoms with Crippen LogP contribution in [0.5, 0.6) is 5.75 Å². The molecule has 1 aliphatic heterocycles. The van der Waals surface area contributed by atoms with Crippen LogP contribution in [0.1, 0.15) is 19.8 Å². The Labute approximate surface area is 159 Å². The Morgan fingerprint density at radius 3 is 2.63 bits per heavy atom. The molecule has 0 saturated carbocycles. The molecule has 1 N–H and O–H groups in total. The summed E-state index contributed by atoms with van der Waals surface area (Å²) in [4.78, 5) is 17.6. The number of allylic oxidation sites excluding steroid dienone is 7. The molecule has 27 heavy (non-hydrogen) atoms. The quantitative estimate of drug-likeness (QED) is 0.880. The molecule has 0 saturated heterocycles. The number of hydrogen-bond donors (Lipinski definition) is 1. The Morgan fingerprint density at radius 1 is 1.15 bits per heavy atom.